The second-order valence-electron chi connectivity index (χ2n) is 6.52. The van der Waals surface area contributed by atoms with Crippen molar-refractivity contribution in [3.05, 3.63) is 45.8 Å². The Labute approximate surface area is 158 Å². The molecule has 3 rings (SSSR count). The van der Waals surface area contributed by atoms with Crippen molar-refractivity contribution in [1.29, 1.82) is 5.26 Å². The van der Waals surface area contributed by atoms with E-state index in [1.54, 1.807) is 11.3 Å². The quantitative estimate of drug-likeness (QED) is 0.710. The molecule has 0 unspecified atom stereocenters. The van der Waals surface area contributed by atoms with E-state index >= 15 is 0 Å². The molecule has 0 fully saturated rings. The maximum absolute atomic E-state index is 12.2. The molecule has 4 nitrogen and oxygen atoms in total. The van der Waals surface area contributed by atoms with E-state index in [4.69, 9.17) is 4.74 Å². The highest BCUT2D eigenvalue weighted by atomic mass is 32.1. The molecule has 136 valence electrons. The number of rotatable bonds is 7. The predicted molar refractivity (Wildman–Crippen MR) is 105 cm³/mol. The Bertz CT molecular complexity index is 803. The summed E-state index contributed by atoms with van der Waals surface area (Å²) in [7, 11) is 0. The zero-order valence-electron chi connectivity index (χ0n) is 15.1. The van der Waals surface area contributed by atoms with Crippen molar-refractivity contribution < 1.29 is 9.53 Å². The SMILES string of the molecule is CCc1ccc(OCCCC(=O)Nc2sc3c(c2C#N)CCCC3)cc1. The van der Waals surface area contributed by atoms with Crippen LogP contribution in [-0.4, -0.2) is 12.5 Å². The molecule has 1 aliphatic carbocycles. The molecule has 1 N–H and O–H groups in total. The summed E-state index contributed by atoms with van der Waals surface area (Å²) in [5, 5.41) is 13.1. The fourth-order valence-electron chi connectivity index (χ4n) is 3.21. The van der Waals surface area contributed by atoms with Gasteiger partial charge in [0.2, 0.25) is 5.91 Å². The predicted octanol–water partition coefficient (Wildman–Crippen LogP) is 4.86. The Morgan fingerprint density at radius 1 is 1.27 bits per heavy atom. The van der Waals surface area contributed by atoms with Crippen LogP contribution >= 0.6 is 11.3 Å². The highest BCUT2D eigenvalue weighted by molar-refractivity contribution is 7.16. The Morgan fingerprint density at radius 3 is 2.77 bits per heavy atom. The normalized spacial score (nSPS) is 12.9. The standard InChI is InChI=1S/C21H24N2O2S/c1-2-15-9-11-16(12-10-15)25-13-5-8-20(24)23-21-18(14-22)17-6-3-4-7-19(17)26-21/h9-12H,2-8,13H2,1H3,(H,23,24). The van der Waals surface area contributed by atoms with Gasteiger partial charge in [0.25, 0.3) is 0 Å². The molecule has 0 aliphatic heterocycles. The van der Waals surface area contributed by atoms with Gasteiger partial charge >= 0.3 is 0 Å². The first-order valence-electron chi connectivity index (χ1n) is 9.27. The van der Waals surface area contributed by atoms with Crippen molar-refractivity contribution in [2.24, 2.45) is 0 Å². The Hall–Kier alpha value is -2.32. The number of carbonyl (C=O) groups excluding carboxylic acids is 1. The van der Waals surface area contributed by atoms with Gasteiger partial charge in [-0.05, 0) is 61.8 Å². The van der Waals surface area contributed by atoms with E-state index in [9.17, 15) is 10.1 Å². The number of amides is 1. The fourth-order valence-corrected chi connectivity index (χ4v) is 4.46. The van der Waals surface area contributed by atoms with Crippen LogP contribution in [0.3, 0.4) is 0 Å². The summed E-state index contributed by atoms with van der Waals surface area (Å²) in [6.45, 7) is 2.63. The third-order valence-corrected chi connectivity index (χ3v) is 5.89. The Morgan fingerprint density at radius 2 is 2.04 bits per heavy atom. The van der Waals surface area contributed by atoms with Crippen molar-refractivity contribution in [1.82, 2.24) is 0 Å². The highest BCUT2D eigenvalue weighted by Gasteiger charge is 2.21. The van der Waals surface area contributed by atoms with Crippen molar-refractivity contribution >= 4 is 22.2 Å². The van der Waals surface area contributed by atoms with Gasteiger partial charge in [-0.1, -0.05) is 19.1 Å². The van der Waals surface area contributed by atoms with Gasteiger partial charge in [-0.2, -0.15) is 5.26 Å². The molecule has 1 heterocycles. The lowest BCUT2D eigenvalue weighted by atomic mass is 9.96. The third-order valence-electron chi connectivity index (χ3n) is 4.68. The molecular weight excluding hydrogens is 344 g/mol. The van der Waals surface area contributed by atoms with Crippen LogP contribution in [0, 0.1) is 11.3 Å². The molecular formula is C21H24N2O2S. The number of carbonyl (C=O) groups is 1. The number of benzene rings is 1. The molecule has 1 aliphatic rings. The monoisotopic (exact) mass is 368 g/mol. The maximum atomic E-state index is 12.2. The number of ether oxygens (including phenoxy) is 1. The zero-order valence-corrected chi connectivity index (χ0v) is 16.0. The number of hydrogen-bond donors (Lipinski definition) is 1. The minimum Gasteiger partial charge on any atom is -0.494 e. The first kappa shape index (κ1) is 18.5. The number of thiophene rings is 1. The molecule has 0 saturated carbocycles. The number of hydrogen-bond acceptors (Lipinski definition) is 4. The van der Waals surface area contributed by atoms with Crippen LogP contribution in [0.15, 0.2) is 24.3 Å². The summed E-state index contributed by atoms with van der Waals surface area (Å²) in [5.74, 6) is 0.783. The Kier molecular flexibility index (Phi) is 6.30. The molecule has 1 amide bonds. The summed E-state index contributed by atoms with van der Waals surface area (Å²) in [6.07, 6.45) is 6.32. The van der Waals surface area contributed by atoms with Crippen LogP contribution in [0.1, 0.15) is 54.2 Å². The second kappa shape index (κ2) is 8.86. The number of nitriles is 1. The maximum Gasteiger partial charge on any atom is 0.225 e. The minimum atomic E-state index is -0.0509. The first-order valence-corrected chi connectivity index (χ1v) is 10.1. The van der Waals surface area contributed by atoms with Crippen LogP contribution in [0.5, 0.6) is 5.75 Å². The van der Waals surface area contributed by atoms with Gasteiger partial charge in [-0.25, -0.2) is 0 Å². The van der Waals surface area contributed by atoms with E-state index in [2.05, 4.69) is 30.4 Å². The van der Waals surface area contributed by atoms with Crippen LogP contribution in [0.2, 0.25) is 0 Å². The smallest absolute Gasteiger partial charge is 0.225 e. The second-order valence-corrected chi connectivity index (χ2v) is 7.63. The van der Waals surface area contributed by atoms with Gasteiger partial charge in [0.1, 0.15) is 16.8 Å². The summed E-state index contributed by atoms with van der Waals surface area (Å²) in [6, 6.07) is 10.3. The van der Waals surface area contributed by atoms with Gasteiger partial charge < -0.3 is 10.1 Å². The van der Waals surface area contributed by atoms with Gasteiger partial charge in [-0.15, -0.1) is 11.3 Å². The molecule has 1 aromatic heterocycles. The van der Waals surface area contributed by atoms with Crippen molar-refractivity contribution in [3.8, 4) is 11.8 Å². The molecule has 0 saturated heterocycles. The van der Waals surface area contributed by atoms with Gasteiger partial charge in [0.15, 0.2) is 0 Å². The highest BCUT2D eigenvalue weighted by Crippen LogP contribution is 2.37. The molecule has 0 spiro atoms. The third kappa shape index (κ3) is 4.44. The Balaban J connectivity index is 1.47. The van der Waals surface area contributed by atoms with E-state index in [1.165, 1.54) is 16.9 Å². The molecule has 1 aromatic carbocycles. The topological polar surface area (TPSA) is 62.1 Å². The van der Waals surface area contributed by atoms with Gasteiger partial charge in [-0.3, -0.25) is 4.79 Å². The van der Waals surface area contributed by atoms with Crippen LogP contribution in [0.4, 0.5) is 5.00 Å². The van der Waals surface area contributed by atoms with E-state index < -0.39 is 0 Å². The molecule has 26 heavy (non-hydrogen) atoms. The lowest BCUT2D eigenvalue weighted by molar-refractivity contribution is -0.116. The van der Waals surface area contributed by atoms with E-state index in [-0.39, 0.29) is 5.91 Å². The van der Waals surface area contributed by atoms with Crippen LogP contribution in [-0.2, 0) is 24.1 Å². The summed E-state index contributed by atoms with van der Waals surface area (Å²) < 4.78 is 5.69. The summed E-state index contributed by atoms with van der Waals surface area (Å²) >= 11 is 1.57. The zero-order chi connectivity index (χ0) is 18.4. The van der Waals surface area contributed by atoms with E-state index in [0.717, 1.165) is 42.0 Å². The number of fused-ring (bicyclic) bond motifs is 1. The molecule has 0 radical (unpaired) electrons. The summed E-state index contributed by atoms with van der Waals surface area (Å²) in [4.78, 5) is 13.5. The van der Waals surface area contributed by atoms with Crippen LogP contribution < -0.4 is 10.1 Å². The van der Waals surface area contributed by atoms with E-state index in [1.807, 2.05) is 12.1 Å². The first-order chi connectivity index (χ1) is 12.7. The van der Waals surface area contributed by atoms with Crippen molar-refractivity contribution in [2.45, 2.75) is 51.9 Å². The lowest BCUT2D eigenvalue weighted by Crippen LogP contribution is -2.12. The van der Waals surface area contributed by atoms with Crippen LogP contribution in [0.25, 0.3) is 0 Å². The fraction of sp³-hybridized carbons (Fsp3) is 0.429. The molecule has 0 atom stereocenters. The molecule has 5 heteroatoms. The number of nitrogens with one attached hydrogen (secondary N) is 1. The largest absolute Gasteiger partial charge is 0.494 e. The number of aryl methyl sites for hydroxylation is 2. The lowest BCUT2D eigenvalue weighted by Gasteiger charge is -2.09. The minimum absolute atomic E-state index is 0.0509. The van der Waals surface area contributed by atoms with Gasteiger partial charge in [0.05, 0.1) is 12.2 Å². The van der Waals surface area contributed by atoms with Crippen molar-refractivity contribution in [2.75, 3.05) is 11.9 Å². The summed E-state index contributed by atoms with van der Waals surface area (Å²) in [5.41, 5.74) is 3.10. The molecule has 0 bridgehead atoms. The average molecular weight is 369 g/mol. The van der Waals surface area contributed by atoms with E-state index in [0.29, 0.717) is 25.0 Å². The van der Waals surface area contributed by atoms with Crippen molar-refractivity contribution in [3.63, 3.8) is 0 Å². The molecule has 2 aromatic rings. The van der Waals surface area contributed by atoms with Gasteiger partial charge in [0, 0.05) is 11.3 Å². The number of nitrogens with zero attached hydrogens (tertiary/aromatic N) is 1. The number of anilines is 1. The average Bonchev–Trinajstić information content (AvgIpc) is 3.02.